The molecule has 0 radical (unpaired) electrons. The van der Waals surface area contributed by atoms with Gasteiger partial charge in [-0.3, -0.25) is 4.90 Å². The smallest absolute Gasteiger partial charge is 0.346 e. The Morgan fingerprint density at radius 1 is 1.61 bits per heavy atom. The van der Waals surface area contributed by atoms with Gasteiger partial charge in [0, 0.05) is 33.2 Å². The van der Waals surface area contributed by atoms with Crippen molar-refractivity contribution in [2.24, 2.45) is 0 Å². The van der Waals surface area contributed by atoms with Crippen LogP contribution in [0.3, 0.4) is 0 Å². The van der Waals surface area contributed by atoms with Crippen LogP contribution in [0.25, 0.3) is 0 Å². The monoisotopic (exact) mass is 268 g/mol. The van der Waals surface area contributed by atoms with Crippen molar-refractivity contribution < 1.29 is 14.6 Å². The normalized spacial score (nSPS) is 10.5. The highest BCUT2D eigenvalue weighted by atomic mass is 32.1. The number of aromatic carboxylic acids is 1. The minimum atomic E-state index is -0.896. The number of nitrogens with zero attached hydrogens (tertiary/aromatic N) is 2. The highest BCUT2D eigenvalue weighted by Crippen LogP contribution is 2.18. The van der Waals surface area contributed by atoms with Crippen LogP contribution in [-0.2, 0) is 11.3 Å². The fourth-order valence-corrected chi connectivity index (χ4v) is 2.34. The van der Waals surface area contributed by atoms with Gasteiger partial charge in [0.25, 0.3) is 0 Å². The van der Waals surface area contributed by atoms with Crippen molar-refractivity contribution in [3.63, 3.8) is 0 Å². The van der Waals surface area contributed by atoms with Gasteiger partial charge in [0.05, 0.1) is 12.7 Å². The zero-order valence-electron chi connectivity index (χ0n) is 10.3. The van der Waals surface area contributed by atoms with E-state index in [-0.39, 0.29) is 0 Å². The molecule has 0 atom stereocenters. The summed E-state index contributed by atoms with van der Waals surface area (Å²) < 4.78 is 5.01. The van der Waals surface area contributed by atoms with Crippen molar-refractivity contribution in [1.29, 1.82) is 5.26 Å². The Morgan fingerprint density at radius 3 is 3.00 bits per heavy atom. The topological polar surface area (TPSA) is 73.6 Å². The molecule has 6 heteroatoms. The molecule has 0 amide bonds. The van der Waals surface area contributed by atoms with Gasteiger partial charge >= 0.3 is 5.97 Å². The molecule has 18 heavy (non-hydrogen) atoms. The number of ether oxygens (including phenoxy) is 1. The quantitative estimate of drug-likeness (QED) is 0.778. The molecular formula is C12H16N2O3S. The highest BCUT2D eigenvalue weighted by molar-refractivity contribution is 7.12. The number of nitriles is 1. The van der Waals surface area contributed by atoms with Gasteiger partial charge in [0.15, 0.2) is 0 Å². The van der Waals surface area contributed by atoms with E-state index in [4.69, 9.17) is 15.1 Å². The molecule has 0 aliphatic carbocycles. The van der Waals surface area contributed by atoms with Gasteiger partial charge in [-0.15, -0.1) is 11.3 Å². The average Bonchev–Trinajstić information content (AvgIpc) is 2.80. The summed E-state index contributed by atoms with van der Waals surface area (Å²) in [6.07, 6.45) is 0.427. The molecule has 0 fully saturated rings. The molecule has 0 bridgehead atoms. The van der Waals surface area contributed by atoms with Crippen LogP contribution in [0.1, 0.15) is 21.7 Å². The minimum absolute atomic E-state index is 0.370. The van der Waals surface area contributed by atoms with Gasteiger partial charge in [-0.05, 0) is 17.0 Å². The molecule has 1 aromatic rings. The maximum Gasteiger partial charge on any atom is 0.346 e. The Bertz CT molecular complexity index is 425. The van der Waals surface area contributed by atoms with Crippen molar-refractivity contribution in [2.45, 2.75) is 13.0 Å². The summed E-state index contributed by atoms with van der Waals surface area (Å²) in [5, 5.41) is 19.4. The van der Waals surface area contributed by atoms with Gasteiger partial charge in [-0.25, -0.2) is 4.79 Å². The van der Waals surface area contributed by atoms with Gasteiger partial charge in [-0.1, -0.05) is 0 Å². The molecule has 0 aliphatic rings. The minimum Gasteiger partial charge on any atom is -0.477 e. The Hall–Kier alpha value is -1.42. The average molecular weight is 268 g/mol. The van der Waals surface area contributed by atoms with Crippen LogP contribution >= 0.6 is 11.3 Å². The van der Waals surface area contributed by atoms with Crippen molar-refractivity contribution in [1.82, 2.24) is 4.90 Å². The lowest BCUT2D eigenvalue weighted by atomic mass is 10.2. The van der Waals surface area contributed by atoms with E-state index in [1.807, 2.05) is 11.0 Å². The second-order valence-corrected chi connectivity index (χ2v) is 4.67. The molecule has 0 unspecified atom stereocenters. The van der Waals surface area contributed by atoms with Gasteiger partial charge in [0.1, 0.15) is 4.88 Å². The zero-order chi connectivity index (χ0) is 13.4. The van der Waals surface area contributed by atoms with E-state index in [1.54, 1.807) is 12.5 Å². The maximum atomic E-state index is 11.0. The lowest BCUT2D eigenvalue weighted by Gasteiger charge is -2.20. The van der Waals surface area contributed by atoms with Crippen LogP contribution in [0.4, 0.5) is 0 Å². The number of carboxylic acids is 1. The summed E-state index contributed by atoms with van der Waals surface area (Å²) in [4.78, 5) is 13.4. The first-order chi connectivity index (χ1) is 8.69. The largest absolute Gasteiger partial charge is 0.477 e. The van der Waals surface area contributed by atoms with Crippen LogP contribution in [0, 0.1) is 11.3 Å². The molecule has 5 nitrogen and oxygen atoms in total. The van der Waals surface area contributed by atoms with Crippen LogP contribution in [-0.4, -0.2) is 42.8 Å². The summed E-state index contributed by atoms with van der Waals surface area (Å²) in [7, 11) is 1.62. The molecule has 1 aromatic heterocycles. The first kappa shape index (κ1) is 14.6. The number of carbonyl (C=O) groups is 1. The van der Waals surface area contributed by atoms with Gasteiger partial charge in [0.2, 0.25) is 0 Å². The number of hydrogen-bond donors (Lipinski definition) is 1. The molecular weight excluding hydrogens is 252 g/mol. The van der Waals surface area contributed by atoms with Crippen molar-refractivity contribution in [3.8, 4) is 6.07 Å². The fraction of sp³-hybridized carbons (Fsp3) is 0.500. The SMILES string of the molecule is COCCN(CCC#N)Cc1ccsc1C(=O)O. The molecule has 0 spiro atoms. The van der Waals surface area contributed by atoms with Crippen molar-refractivity contribution >= 4 is 17.3 Å². The molecule has 0 saturated heterocycles. The number of carboxylic acid groups (broad SMARTS) is 1. The Morgan fingerprint density at radius 2 is 2.39 bits per heavy atom. The van der Waals surface area contributed by atoms with Crippen LogP contribution in [0.5, 0.6) is 0 Å². The van der Waals surface area contributed by atoms with E-state index >= 15 is 0 Å². The predicted octanol–water partition coefficient (Wildman–Crippen LogP) is 1.81. The van der Waals surface area contributed by atoms with E-state index < -0.39 is 5.97 Å². The fourth-order valence-electron chi connectivity index (χ4n) is 1.59. The number of rotatable bonds is 8. The number of hydrogen-bond acceptors (Lipinski definition) is 5. The Labute approximate surface area is 110 Å². The lowest BCUT2D eigenvalue weighted by Crippen LogP contribution is -2.28. The first-order valence-electron chi connectivity index (χ1n) is 5.57. The molecule has 1 rings (SSSR count). The van der Waals surface area contributed by atoms with Crippen molar-refractivity contribution in [3.05, 3.63) is 21.9 Å². The molecule has 0 saturated carbocycles. The van der Waals surface area contributed by atoms with Gasteiger partial charge in [-0.2, -0.15) is 5.26 Å². The summed E-state index contributed by atoms with van der Waals surface area (Å²) >= 11 is 1.22. The number of methoxy groups -OCH3 is 1. The second-order valence-electron chi connectivity index (χ2n) is 3.76. The Kier molecular flexibility index (Phi) is 6.36. The summed E-state index contributed by atoms with van der Waals surface area (Å²) in [6, 6.07) is 3.92. The van der Waals surface area contributed by atoms with E-state index in [1.165, 1.54) is 11.3 Å². The highest BCUT2D eigenvalue weighted by Gasteiger charge is 2.14. The van der Waals surface area contributed by atoms with Crippen LogP contribution in [0.15, 0.2) is 11.4 Å². The van der Waals surface area contributed by atoms with Crippen molar-refractivity contribution in [2.75, 3.05) is 26.8 Å². The predicted molar refractivity (Wildman–Crippen MR) is 68.7 cm³/mol. The third kappa shape index (κ3) is 4.45. The van der Waals surface area contributed by atoms with Crippen LogP contribution in [0.2, 0.25) is 0 Å². The number of thiophene rings is 1. The van der Waals surface area contributed by atoms with Crippen LogP contribution < -0.4 is 0 Å². The second kappa shape index (κ2) is 7.82. The maximum absolute atomic E-state index is 11.0. The van der Waals surface area contributed by atoms with E-state index in [0.717, 1.165) is 5.56 Å². The summed E-state index contributed by atoms with van der Waals surface area (Å²) in [5.74, 6) is -0.896. The van der Waals surface area contributed by atoms with E-state index in [2.05, 4.69) is 6.07 Å². The third-order valence-electron chi connectivity index (χ3n) is 2.49. The molecule has 1 heterocycles. The first-order valence-corrected chi connectivity index (χ1v) is 6.45. The molecule has 0 aromatic carbocycles. The Balaban J connectivity index is 2.66. The third-order valence-corrected chi connectivity index (χ3v) is 3.43. The summed E-state index contributed by atoms with van der Waals surface area (Å²) in [5.41, 5.74) is 0.793. The van der Waals surface area contributed by atoms with E-state index in [0.29, 0.717) is 37.5 Å². The summed E-state index contributed by atoms with van der Waals surface area (Å²) in [6.45, 7) is 2.41. The molecule has 98 valence electrons. The zero-order valence-corrected chi connectivity index (χ0v) is 11.1. The van der Waals surface area contributed by atoms with Gasteiger partial charge < -0.3 is 9.84 Å². The molecule has 0 aliphatic heterocycles. The lowest BCUT2D eigenvalue weighted by molar-refractivity contribution is 0.0699. The standard InChI is InChI=1S/C12H16N2O3S/c1-17-7-6-14(5-2-4-13)9-10-3-8-18-11(10)12(15)16/h3,8H,2,5-7,9H2,1H3,(H,15,16). The van der Waals surface area contributed by atoms with E-state index in [9.17, 15) is 4.79 Å². The molecule has 1 N–H and O–H groups in total.